The van der Waals surface area contributed by atoms with Gasteiger partial charge in [-0.3, -0.25) is 4.72 Å². The van der Waals surface area contributed by atoms with Crippen LogP contribution in [0.3, 0.4) is 0 Å². The first-order chi connectivity index (χ1) is 11.4. The minimum absolute atomic E-state index is 0.0561. The predicted molar refractivity (Wildman–Crippen MR) is 94.1 cm³/mol. The van der Waals surface area contributed by atoms with Gasteiger partial charge in [0.05, 0.1) is 11.4 Å². The summed E-state index contributed by atoms with van der Waals surface area (Å²) >= 11 is 0. The molecule has 6 heteroatoms. The molecule has 0 amide bonds. The van der Waals surface area contributed by atoms with Crippen molar-refractivity contribution in [2.45, 2.75) is 19.6 Å². The molecule has 0 aliphatic rings. The second kappa shape index (κ2) is 6.49. The summed E-state index contributed by atoms with van der Waals surface area (Å²) in [4.78, 5) is 0. The average Bonchev–Trinajstić information content (AvgIpc) is 2.87. The van der Waals surface area contributed by atoms with E-state index in [-0.39, 0.29) is 5.75 Å². The second-order valence-corrected chi connectivity index (χ2v) is 7.35. The van der Waals surface area contributed by atoms with Crippen molar-refractivity contribution in [3.63, 3.8) is 0 Å². The molecule has 0 radical (unpaired) electrons. The van der Waals surface area contributed by atoms with Gasteiger partial charge in [0.15, 0.2) is 0 Å². The van der Waals surface area contributed by atoms with E-state index in [2.05, 4.69) is 9.88 Å². The van der Waals surface area contributed by atoms with Gasteiger partial charge in [-0.25, -0.2) is 8.42 Å². The normalized spacial score (nSPS) is 11.4. The third kappa shape index (κ3) is 3.65. The van der Waals surface area contributed by atoms with Crippen LogP contribution in [0.15, 0.2) is 59.1 Å². The Kier molecular flexibility index (Phi) is 4.40. The van der Waals surface area contributed by atoms with Crippen LogP contribution < -0.4 is 4.72 Å². The molecule has 1 N–H and O–H groups in total. The maximum Gasteiger partial charge on any atom is 0.236 e. The van der Waals surface area contributed by atoms with Crippen molar-refractivity contribution in [2.24, 2.45) is 0 Å². The molecule has 0 saturated carbocycles. The van der Waals surface area contributed by atoms with Crippen molar-refractivity contribution in [2.75, 3.05) is 4.72 Å². The molecule has 0 saturated heterocycles. The summed E-state index contributed by atoms with van der Waals surface area (Å²) in [6.07, 6.45) is 0. The maximum absolute atomic E-state index is 12.3. The Morgan fingerprint density at radius 2 is 1.67 bits per heavy atom. The lowest BCUT2D eigenvalue weighted by atomic mass is 10.0. The molecule has 124 valence electrons. The van der Waals surface area contributed by atoms with Crippen LogP contribution in [-0.4, -0.2) is 13.6 Å². The first kappa shape index (κ1) is 16.3. The highest BCUT2D eigenvalue weighted by Gasteiger charge is 2.14. The minimum atomic E-state index is -3.45. The Morgan fingerprint density at radius 1 is 1.00 bits per heavy atom. The minimum Gasteiger partial charge on any atom is -0.361 e. The Bertz CT molecular complexity index is 911. The third-order valence-electron chi connectivity index (χ3n) is 3.68. The Hall–Kier alpha value is -2.60. The number of aromatic nitrogens is 1. The Balaban J connectivity index is 1.77. The average molecular weight is 342 g/mol. The summed E-state index contributed by atoms with van der Waals surface area (Å²) in [6, 6.07) is 16.3. The van der Waals surface area contributed by atoms with Gasteiger partial charge in [0, 0.05) is 11.3 Å². The number of aryl methyl sites for hydroxylation is 2. The zero-order valence-electron chi connectivity index (χ0n) is 13.5. The van der Waals surface area contributed by atoms with Crippen LogP contribution in [0.2, 0.25) is 0 Å². The number of sulfonamides is 1. The molecule has 0 spiro atoms. The highest BCUT2D eigenvalue weighted by molar-refractivity contribution is 7.91. The smallest absolute Gasteiger partial charge is 0.236 e. The van der Waals surface area contributed by atoms with Crippen LogP contribution in [0, 0.1) is 13.8 Å². The van der Waals surface area contributed by atoms with Crippen molar-refractivity contribution >= 4 is 15.7 Å². The summed E-state index contributed by atoms with van der Waals surface area (Å²) < 4.78 is 32.3. The number of hydrogen-bond acceptors (Lipinski definition) is 4. The van der Waals surface area contributed by atoms with Crippen molar-refractivity contribution in [1.29, 1.82) is 0 Å². The first-order valence-electron chi connectivity index (χ1n) is 7.52. The molecule has 0 unspecified atom stereocenters. The fraction of sp³-hybridized carbons (Fsp3) is 0.167. The lowest BCUT2D eigenvalue weighted by Gasteiger charge is -2.09. The second-order valence-electron chi connectivity index (χ2n) is 5.62. The highest BCUT2D eigenvalue weighted by atomic mass is 32.2. The quantitative estimate of drug-likeness (QED) is 0.763. The van der Waals surface area contributed by atoms with Crippen LogP contribution in [0.25, 0.3) is 11.1 Å². The van der Waals surface area contributed by atoms with Gasteiger partial charge < -0.3 is 4.52 Å². The number of anilines is 1. The zero-order valence-corrected chi connectivity index (χ0v) is 14.3. The molecule has 1 heterocycles. The molecule has 3 aromatic rings. The maximum atomic E-state index is 12.3. The Labute approximate surface area is 141 Å². The molecule has 24 heavy (non-hydrogen) atoms. The Morgan fingerprint density at radius 3 is 2.25 bits per heavy atom. The van der Waals surface area contributed by atoms with Crippen LogP contribution in [0.1, 0.15) is 17.0 Å². The summed E-state index contributed by atoms with van der Waals surface area (Å²) in [5.41, 5.74) is 3.97. The summed E-state index contributed by atoms with van der Waals surface area (Å²) in [7, 11) is -3.45. The molecule has 3 rings (SSSR count). The highest BCUT2D eigenvalue weighted by Crippen LogP contribution is 2.28. The molecule has 0 atom stereocenters. The molecule has 1 aromatic heterocycles. The van der Waals surface area contributed by atoms with Crippen molar-refractivity contribution < 1.29 is 12.9 Å². The number of rotatable bonds is 5. The number of nitrogens with zero attached hydrogens (tertiary/aromatic N) is 1. The van der Waals surface area contributed by atoms with Crippen LogP contribution in [0.4, 0.5) is 5.69 Å². The topological polar surface area (TPSA) is 72.2 Å². The van der Waals surface area contributed by atoms with Gasteiger partial charge in [0.25, 0.3) is 0 Å². The predicted octanol–water partition coefficient (Wildman–Crippen LogP) is 3.90. The monoisotopic (exact) mass is 342 g/mol. The first-order valence-corrected chi connectivity index (χ1v) is 9.17. The van der Waals surface area contributed by atoms with E-state index in [0.717, 1.165) is 28.1 Å². The largest absolute Gasteiger partial charge is 0.361 e. The number of nitrogens with one attached hydrogen (secondary N) is 1. The van der Waals surface area contributed by atoms with Crippen LogP contribution in [-0.2, 0) is 15.8 Å². The number of hydrogen-bond donors (Lipinski definition) is 1. The van der Waals surface area contributed by atoms with E-state index < -0.39 is 10.0 Å². The molecule has 5 nitrogen and oxygen atoms in total. The van der Waals surface area contributed by atoms with E-state index in [1.54, 1.807) is 24.3 Å². The molecular weight excluding hydrogens is 324 g/mol. The van der Waals surface area contributed by atoms with E-state index in [1.165, 1.54) is 0 Å². The van der Waals surface area contributed by atoms with Crippen LogP contribution in [0.5, 0.6) is 0 Å². The van der Waals surface area contributed by atoms with Crippen molar-refractivity contribution in [3.05, 3.63) is 71.6 Å². The van der Waals surface area contributed by atoms with Gasteiger partial charge in [-0.2, -0.15) is 0 Å². The third-order valence-corrected chi connectivity index (χ3v) is 4.94. The van der Waals surface area contributed by atoms with E-state index in [9.17, 15) is 8.42 Å². The summed E-state index contributed by atoms with van der Waals surface area (Å²) in [5.74, 6) is 0.685. The van der Waals surface area contributed by atoms with Gasteiger partial charge in [0.2, 0.25) is 10.0 Å². The van der Waals surface area contributed by atoms with E-state index in [1.807, 2.05) is 44.2 Å². The molecule has 0 aliphatic heterocycles. The van der Waals surface area contributed by atoms with Gasteiger partial charge in [-0.05, 0) is 37.1 Å². The summed E-state index contributed by atoms with van der Waals surface area (Å²) in [6.45, 7) is 3.73. The van der Waals surface area contributed by atoms with E-state index in [0.29, 0.717) is 5.69 Å². The lowest BCUT2D eigenvalue weighted by molar-refractivity contribution is 0.393. The standard InChI is InChI=1S/C18H18N2O3S/c1-13-18(14(2)23-19-13)16-8-10-17(11-9-16)20-24(21,22)12-15-6-4-3-5-7-15/h3-11,20H,12H2,1-2H3. The fourth-order valence-corrected chi connectivity index (χ4v) is 3.81. The zero-order chi connectivity index (χ0) is 17.2. The van der Waals surface area contributed by atoms with Gasteiger partial charge in [0.1, 0.15) is 5.76 Å². The van der Waals surface area contributed by atoms with Crippen molar-refractivity contribution in [3.8, 4) is 11.1 Å². The molecular formula is C18H18N2O3S. The van der Waals surface area contributed by atoms with E-state index in [4.69, 9.17) is 4.52 Å². The molecule has 0 fully saturated rings. The number of benzene rings is 2. The molecule has 2 aromatic carbocycles. The fourth-order valence-electron chi connectivity index (χ4n) is 2.61. The van der Waals surface area contributed by atoms with Gasteiger partial charge >= 0.3 is 0 Å². The van der Waals surface area contributed by atoms with Gasteiger partial charge in [-0.15, -0.1) is 0 Å². The molecule has 0 aliphatic carbocycles. The van der Waals surface area contributed by atoms with Crippen LogP contribution >= 0.6 is 0 Å². The SMILES string of the molecule is Cc1noc(C)c1-c1ccc(NS(=O)(=O)Cc2ccccc2)cc1. The van der Waals surface area contributed by atoms with E-state index >= 15 is 0 Å². The lowest BCUT2D eigenvalue weighted by Crippen LogP contribution is -2.14. The summed E-state index contributed by atoms with van der Waals surface area (Å²) in [5, 5.41) is 3.93. The molecule has 0 bridgehead atoms. The van der Waals surface area contributed by atoms with Gasteiger partial charge in [-0.1, -0.05) is 47.6 Å². The van der Waals surface area contributed by atoms with Crippen molar-refractivity contribution in [1.82, 2.24) is 5.16 Å².